The van der Waals surface area contributed by atoms with Crippen molar-refractivity contribution in [1.82, 2.24) is 10.2 Å². The molecule has 4 rings (SSSR count). The molecule has 1 aliphatic heterocycles. The Bertz CT molecular complexity index is 1310. The largest absolute Gasteiger partial charge is 0.416 e. The maximum absolute atomic E-state index is 13.2. The van der Waals surface area contributed by atoms with Crippen LogP contribution in [0, 0.1) is 24.6 Å². The summed E-state index contributed by atoms with van der Waals surface area (Å²) >= 11 is 0. The van der Waals surface area contributed by atoms with Gasteiger partial charge in [-0.05, 0) is 82.7 Å². The van der Waals surface area contributed by atoms with Gasteiger partial charge in [-0.3, -0.25) is 9.50 Å². The highest BCUT2D eigenvalue weighted by Gasteiger charge is 2.53. The standard InChI is InChI=1S/C28H39F5N2O3.C7H7F.FH.2H2/c1-5-20-14-22(34-26(20,4)23(36)8-7-13-25(3,29)30)19-15-27(6-2,16-19)35(24(37)38)17-18-9-11-21(12-10-18)28(31,32)33;1-6-2-4-7(8)5-3-6;;;/h9-12,14,19-20,24,34,37-38H,5-8,13,15-17H2,1-4H3;2-5H,1H3;3*1H/t19?,20-,26-,27?;;;;/m1..../s1. The summed E-state index contributed by atoms with van der Waals surface area (Å²) in [4.78, 5) is 14.6. The molecule has 2 aliphatic rings. The highest BCUT2D eigenvalue weighted by molar-refractivity contribution is 5.89. The number of carbonyl (C=O) groups excluding carboxylic acids is 1. The predicted molar refractivity (Wildman–Crippen MR) is 172 cm³/mol. The van der Waals surface area contributed by atoms with Crippen LogP contribution in [0.25, 0.3) is 0 Å². The van der Waals surface area contributed by atoms with E-state index in [1.165, 1.54) is 29.2 Å². The van der Waals surface area contributed by atoms with E-state index < -0.39 is 35.2 Å². The fourth-order valence-electron chi connectivity index (χ4n) is 6.50. The molecule has 0 unspecified atom stereocenters. The highest BCUT2D eigenvalue weighted by atomic mass is 19.4. The first kappa shape index (κ1) is 40.2. The molecule has 5 nitrogen and oxygen atoms in total. The molecule has 2 aromatic carbocycles. The van der Waals surface area contributed by atoms with Crippen LogP contribution in [-0.2, 0) is 17.5 Å². The number of hydrogen-bond donors (Lipinski definition) is 3. The average molecular weight is 681 g/mol. The van der Waals surface area contributed by atoms with Crippen molar-refractivity contribution in [1.29, 1.82) is 0 Å². The fourth-order valence-corrected chi connectivity index (χ4v) is 6.50. The van der Waals surface area contributed by atoms with Crippen LogP contribution in [0.4, 0.5) is 31.0 Å². The summed E-state index contributed by atoms with van der Waals surface area (Å²) < 4.78 is 77.3. The number of aryl methyl sites for hydroxylation is 1. The van der Waals surface area contributed by atoms with Crippen LogP contribution in [0.15, 0.2) is 60.3 Å². The molecule has 0 aromatic heterocycles. The van der Waals surface area contributed by atoms with Gasteiger partial charge >= 0.3 is 6.18 Å². The molecule has 1 saturated carbocycles. The Morgan fingerprint density at radius 3 is 2.06 bits per heavy atom. The Kier molecular flexibility index (Phi) is 13.7. The van der Waals surface area contributed by atoms with Crippen molar-refractivity contribution >= 4 is 5.78 Å². The Hall–Kier alpha value is -2.96. The summed E-state index contributed by atoms with van der Waals surface area (Å²) in [5, 5.41) is 23.8. The normalized spacial score (nSPS) is 24.1. The molecular formula is C35H51F7N2O3. The second-order valence-electron chi connectivity index (χ2n) is 13.0. The molecule has 1 heterocycles. The van der Waals surface area contributed by atoms with Gasteiger partial charge < -0.3 is 15.5 Å². The summed E-state index contributed by atoms with van der Waals surface area (Å²) in [5.41, 5.74) is 0.292. The monoisotopic (exact) mass is 680 g/mol. The second-order valence-corrected chi connectivity index (χ2v) is 13.0. The molecule has 0 bridgehead atoms. The number of nitrogens with one attached hydrogen (secondary N) is 1. The molecule has 2 aromatic rings. The molecular weight excluding hydrogens is 629 g/mol. The molecule has 0 radical (unpaired) electrons. The Morgan fingerprint density at radius 1 is 1.04 bits per heavy atom. The second kappa shape index (κ2) is 16.0. The van der Waals surface area contributed by atoms with Crippen molar-refractivity contribution < 1.29 is 48.9 Å². The zero-order valence-corrected chi connectivity index (χ0v) is 27.5. The number of allylic oxidation sites excluding steroid dienone is 1. The summed E-state index contributed by atoms with van der Waals surface area (Å²) in [7, 11) is 0. The SMILES string of the molecule is CC[C@@H]1C=C(C2CC(CC)(N(Cc3ccc(C(F)(F)F)cc3)C(O)O)C2)N[C@@]1(C)C(=O)CCCC(C)(F)F.Cc1ccc(F)cc1.F.[HH].[HH]. The molecule has 12 heteroatoms. The third-order valence-electron chi connectivity index (χ3n) is 9.45. The number of aliphatic hydroxyl groups excluding tert-OH is 1. The van der Waals surface area contributed by atoms with Crippen molar-refractivity contribution in [2.45, 2.75) is 116 Å². The van der Waals surface area contributed by atoms with Gasteiger partial charge in [0, 0.05) is 45.3 Å². The third kappa shape index (κ3) is 10.3. The van der Waals surface area contributed by atoms with E-state index in [4.69, 9.17) is 0 Å². The summed E-state index contributed by atoms with van der Waals surface area (Å²) in [5.74, 6) is -3.13. The average Bonchev–Trinajstić information content (AvgIpc) is 3.30. The van der Waals surface area contributed by atoms with E-state index in [0.717, 1.165) is 30.3 Å². The number of benzene rings is 2. The Labute approximate surface area is 275 Å². The van der Waals surface area contributed by atoms with Crippen molar-refractivity contribution in [3.63, 3.8) is 0 Å². The number of ketones is 1. The molecule has 0 amide bonds. The summed E-state index contributed by atoms with van der Waals surface area (Å²) in [6, 6.07) is 11.1. The maximum atomic E-state index is 13.2. The van der Waals surface area contributed by atoms with Crippen LogP contribution in [0.2, 0.25) is 0 Å². The molecule has 0 saturated heterocycles. The van der Waals surface area contributed by atoms with Crippen LogP contribution in [0.5, 0.6) is 0 Å². The van der Waals surface area contributed by atoms with E-state index in [2.05, 4.69) is 5.32 Å². The smallest absolute Gasteiger partial charge is 0.376 e. The van der Waals surface area contributed by atoms with Gasteiger partial charge in [-0.25, -0.2) is 18.1 Å². The number of aliphatic hydroxyl groups is 2. The van der Waals surface area contributed by atoms with E-state index in [0.29, 0.717) is 31.2 Å². The van der Waals surface area contributed by atoms with Gasteiger partial charge in [-0.2, -0.15) is 13.2 Å². The van der Waals surface area contributed by atoms with Gasteiger partial charge in [0.1, 0.15) is 5.82 Å². The van der Waals surface area contributed by atoms with Crippen LogP contribution >= 0.6 is 0 Å². The fraction of sp³-hybridized carbons (Fsp3) is 0.571. The number of hydrogen-bond acceptors (Lipinski definition) is 5. The van der Waals surface area contributed by atoms with E-state index in [-0.39, 0.29) is 56.8 Å². The zero-order valence-electron chi connectivity index (χ0n) is 27.5. The van der Waals surface area contributed by atoms with Crippen LogP contribution in [0.3, 0.4) is 0 Å². The molecule has 1 aliphatic carbocycles. The molecule has 47 heavy (non-hydrogen) atoms. The van der Waals surface area contributed by atoms with Gasteiger partial charge in [0.05, 0.1) is 11.1 Å². The lowest BCUT2D eigenvalue weighted by atomic mass is 9.64. The van der Waals surface area contributed by atoms with E-state index in [1.54, 1.807) is 12.1 Å². The number of halogens is 7. The van der Waals surface area contributed by atoms with Gasteiger partial charge in [0.2, 0.25) is 12.3 Å². The molecule has 3 N–H and O–H groups in total. The maximum Gasteiger partial charge on any atom is 0.416 e. The first-order chi connectivity index (χ1) is 21.3. The highest BCUT2D eigenvalue weighted by Crippen LogP contribution is 2.51. The first-order valence-corrected chi connectivity index (χ1v) is 15.8. The summed E-state index contributed by atoms with van der Waals surface area (Å²) in [6.45, 7) is 8.57. The van der Waals surface area contributed by atoms with Crippen LogP contribution < -0.4 is 5.32 Å². The number of nitrogens with zero attached hydrogens (tertiary/aromatic N) is 1. The summed E-state index contributed by atoms with van der Waals surface area (Å²) in [6.07, 6.45) is -1.93. The number of Topliss-reactive ketones (excluding diaryl/α,β-unsaturated/α-hetero) is 1. The lowest BCUT2D eigenvalue weighted by Crippen LogP contribution is -2.61. The first-order valence-electron chi connectivity index (χ1n) is 15.8. The quantitative estimate of drug-likeness (QED) is 0.155. The zero-order chi connectivity index (χ0) is 34.5. The van der Waals surface area contributed by atoms with E-state index in [1.807, 2.05) is 33.8 Å². The van der Waals surface area contributed by atoms with E-state index >= 15 is 0 Å². The van der Waals surface area contributed by atoms with E-state index in [9.17, 15) is 41.4 Å². The van der Waals surface area contributed by atoms with Gasteiger partial charge in [0.15, 0.2) is 5.78 Å². The van der Waals surface area contributed by atoms with Crippen molar-refractivity contribution in [3.05, 3.63) is 82.8 Å². The number of alkyl halides is 5. The minimum atomic E-state index is -4.45. The predicted octanol–water partition coefficient (Wildman–Crippen LogP) is 8.78. The lowest BCUT2D eigenvalue weighted by molar-refractivity contribution is -0.221. The minimum Gasteiger partial charge on any atom is -0.376 e. The van der Waals surface area contributed by atoms with Crippen LogP contribution in [0.1, 0.15) is 92.2 Å². The van der Waals surface area contributed by atoms with Crippen molar-refractivity contribution in [2.75, 3.05) is 0 Å². The van der Waals surface area contributed by atoms with Gasteiger partial charge in [-0.1, -0.05) is 49.8 Å². The molecule has 1 fully saturated rings. The minimum absolute atomic E-state index is 0. The van der Waals surface area contributed by atoms with Crippen LogP contribution in [-0.4, -0.2) is 44.3 Å². The Balaban J connectivity index is 0.00000184. The Morgan fingerprint density at radius 2 is 1.62 bits per heavy atom. The number of rotatable bonds is 12. The van der Waals surface area contributed by atoms with Gasteiger partial charge in [0.25, 0.3) is 0 Å². The van der Waals surface area contributed by atoms with Crippen molar-refractivity contribution in [3.8, 4) is 0 Å². The third-order valence-corrected chi connectivity index (χ3v) is 9.45. The number of carbonyl (C=O) groups is 1. The molecule has 268 valence electrons. The topological polar surface area (TPSA) is 72.8 Å². The van der Waals surface area contributed by atoms with Gasteiger partial charge in [-0.15, -0.1) is 0 Å². The molecule has 0 spiro atoms. The lowest BCUT2D eigenvalue weighted by Gasteiger charge is -2.55. The van der Waals surface area contributed by atoms with Crippen molar-refractivity contribution in [2.24, 2.45) is 11.8 Å². The molecule has 2 atom stereocenters.